The molecule has 4 heteroatoms. The van der Waals surface area contributed by atoms with Gasteiger partial charge in [-0.15, -0.1) is 0 Å². The van der Waals surface area contributed by atoms with Crippen molar-refractivity contribution < 1.29 is 9.52 Å². The monoisotopic (exact) mass is 274 g/mol. The number of rotatable bonds is 7. The Kier molecular flexibility index (Phi) is 5.32. The second-order valence-electron chi connectivity index (χ2n) is 5.08. The molecule has 2 aromatic rings. The first-order valence-electron chi connectivity index (χ1n) is 7.09. The fraction of sp³-hybridized carbons (Fsp3) is 0.438. The van der Waals surface area contributed by atoms with Crippen LogP contribution in [0.3, 0.4) is 0 Å². The predicted octanol–water partition coefficient (Wildman–Crippen LogP) is 2.90. The number of hydrogen-bond donors (Lipinski definition) is 2. The summed E-state index contributed by atoms with van der Waals surface area (Å²) in [7, 11) is 0. The van der Waals surface area contributed by atoms with Gasteiger partial charge in [0, 0.05) is 18.7 Å². The summed E-state index contributed by atoms with van der Waals surface area (Å²) in [4.78, 5) is 4.44. The number of aliphatic hydroxyl groups is 1. The lowest BCUT2D eigenvalue weighted by atomic mass is 10.1. The summed E-state index contributed by atoms with van der Waals surface area (Å²) in [5, 5.41) is 12.8. The number of hydrogen-bond acceptors (Lipinski definition) is 4. The molecule has 1 aromatic heterocycles. The molecule has 0 aliphatic carbocycles. The molecule has 0 spiro atoms. The fourth-order valence-electron chi connectivity index (χ4n) is 2.02. The molecule has 0 aliphatic rings. The van der Waals surface area contributed by atoms with Gasteiger partial charge < -0.3 is 14.8 Å². The molecule has 0 amide bonds. The Hall–Kier alpha value is -1.65. The summed E-state index contributed by atoms with van der Waals surface area (Å²) in [5.74, 6) is 0.635. The van der Waals surface area contributed by atoms with Crippen LogP contribution in [-0.4, -0.2) is 22.7 Å². The number of aromatic nitrogens is 1. The maximum absolute atomic E-state index is 9.63. The maximum Gasteiger partial charge on any atom is 0.226 e. The summed E-state index contributed by atoms with van der Waals surface area (Å²) in [6, 6.07) is 8.09. The van der Waals surface area contributed by atoms with Crippen molar-refractivity contribution in [3.8, 4) is 11.5 Å². The molecule has 0 radical (unpaired) electrons. The summed E-state index contributed by atoms with van der Waals surface area (Å²) >= 11 is 0. The molecule has 2 rings (SSSR count). The number of oxazole rings is 1. The summed E-state index contributed by atoms with van der Waals surface area (Å²) in [6.45, 7) is 5.31. The largest absolute Gasteiger partial charge is 0.444 e. The Morgan fingerprint density at radius 1 is 1.30 bits per heavy atom. The Labute approximate surface area is 119 Å². The molecule has 1 aromatic carbocycles. The fourth-order valence-corrected chi connectivity index (χ4v) is 2.02. The van der Waals surface area contributed by atoms with Gasteiger partial charge in [-0.25, -0.2) is 4.98 Å². The van der Waals surface area contributed by atoms with Gasteiger partial charge in [-0.3, -0.25) is 0 Å². The van der Waals surface area contributed by atoms with Crippen molar-refractivity contribution in [1.82, 2.24) is 10.3 Å². The molecule has 0 fully saturated rings. The van der Waals surface area contributed by atoms with Crippen LogP contribution in [0.5, 0.6) is 0 Å². The van der Waals surface area contributed by atoms with Gasteiger partial charge in [0.25, 0.3) is 0 Å². The molecule has 0 bridgehead atoms. The van der Waals surface area contributed by atoms with Crippen LogP contribution in [-0.2, 0) is 6.54 Å². The molecule has 2 N–H and O–H groups in total. The van der Waals surface area contributed by atoms with Crippen LogP contribution < -0.4 is 5.32 Å². The van der Waals surface area contributed by atoms with Gasteiger partial charge in [0.15, 0.2) is 0 Å². The molecule has 108 valence electrons. The molecule has 0 saturated heterocycles. The van der Waals surface area contributed by atoms with Gasteiger partial charge in [-0.05, 0) is 25.5 Å². The van der Waals surface area contributed by atoms with E-state index in [9.17, 15) is 5.11 Å². The Morgan fingerprint density at radius 3 is 2.75 bits per heavy atom. The highest BCUT2D eigenvalue weighted by atomic mass is 16.3. The molecule has 0 saturated carbocycles. The molecular weight excluding hydrogens is 252 g/mol. The van der Waals surface area contributed by atoms with Crippen molar-refractivity contribution in [3.05, 3.63) is 41.8 Å². The van der Waals surface area contributed by atoms with E-state index < -0.39 is 0 Å². The van der Waals surface area contributed by atoms with E-state index in [0.29, 0.717) is 19.0 Å². The Morgan fingerprint density at radius 2 is 2.05 bits per heavy atom. The summed E-state index contributed by atoms with van der Waals surface area (Å²) < 4.78 is 5.48. The van der Waals surface area contributed by atoms with E-state index in [1.54, 1.807) is 6.26 Å². The van der Waals surface area contributed by atoms with E-state index in [2.05, 4.69) is 24.1 Å². The van der Waals surface area contributed by atoms with Crippen molar-refractivity contribution >= 4 is 0 Å². The molecule has 1 atom stereocenters. The van der Waals surface area contributed by atoms with Gasteiger partial charge >= 0.3 is 0 Å². The number of aliphatic hydroxyl groups excluding tert-OH is 1. The van der Waals surface area contributed by atoms with E-state index in [-0.39, 0.29) is 6.10 Å². The lowest BCUT2D eigenvalue weighted by Gasteiger charge is -2.08. The van der Waals surface area contributed by atoms with Gasteiger partial charge in [0.1, 0.15) is 6.26 Å². The first-order chi connectivity index (χ1) is 9.69. The smallest absolute Gasteiger partial charge is 0.226 e. The van der Waals surface area contributed by atoms with Crippen LogP contribution >= 0.6 is 0 Å². The molecule has 0 aliphatic heterocycles. The standard InChI is InChI=1S/C16H22N2O2/c1-3-4-15(19)10-17-9-14-11-20-16(18-14)13-7-5-12(2)6-8-13/h5-8,11,15,17,19H,3-4,9-10H2,1-2H3. The quantitative estimate of drug-likeness (QED) is 0.815. The highest BCUT2D eigenvalue weighted by Crippen LogP contribution is 2.18. The van der Waals surface area contributed by atoms with Crippen LogP contribution in [0.4, 0.5) is 0 Å². The molecule has 20 heavy (non-hydrogen) atoms. The number of nitrogens with zero attached hydrogens (tertiary/aromatic N) is 1. The van der Waals surface area contributed by atoms with Crippen molar-refractivity contribution in [3.63, 3.8) is 0 Å². The van der Waals surface area contributed by atoms with Crippen molar-refractivity contribution in [2.24, 2.45) is 0 Å². The lowest BCUT2D eigenvalue weighted by molar-refractivity contribution is 0.160. The zero-order valence-corrected chi connectivity index (χ0v) is 12.1. The minimum atomic E-state index is -0.288. The molecular formula is C16H22N2O2. The first kappa shape index (κ1) is 14.8. The molecule has 1 heterocycles. The second-order valence-corrected chi connectivity index (χ2v) is 5.08. The molecule has 1 unspecified atom stereocenters. The third-order valence-corrected chi connectivity index (χ3v) is 3.16. The van der Waals surface area contributed by atoms with E-state index in [0.717, 1.165) is 24.1 Å². The third-order valence-electron chi connectivity index (χ3n) is 3.16. The van der Waals surface area contributed by atoms with E-state index in [1.807, 2.05) is 24.3 Å². The zero-order chi connectivity index (χ0) is 14.4. The Bertz CT molecular complexity index is 520. The highest BCUT2D eigenvalue weighted by molar-refractivity contribution is 5.53. The van der Waals surface area contributed by atoms with Crippen LogP contribution in [0.1, 0.15) is 31.0 Å². The number of benzene rings is 1. The van der Waals surface area contributed by atoms with Crippen LogP contribution in [0.25, 0.3) is 11.5 Å². The maximum atomic E-state index is 9.63. The number of nitrogens with one attached hydrogen (secondary N) is 1. The second kappa shape index (κ2) is 7.22. The third kappa shape index (κ3) is 4.18. The normalized spacial score (nSPS) is 12.6. The topological polar surface area (TPSA) is 58.3 Å². The average Bonchev–Trinajstić information content (AvgIpc) is 2.89. The van der Waals surface area contributed by atoms with Crippen LogP contribution in [0.15, 0.2) is 34.9 Å². The van der Waals surface area contributed by atoms with Crippen molar-refractivity contribution in [1.29, 1.82) is 0 Å². The molecule has 4 nitrogen and oxygen atoms in total. The summed E-state index contributed by atoms with van der Waals surface area (Å²) in [6.07, 6.45) is 3.18. The first-order valence-corrected chi connectivity index (χ1v) is 7.09. The van der Waals surface area contributed by atoms with Crippen molar-refractivity contribution in [2.45, 2.75) is 39.3 Å². The van der Waals surface area contributed by atoms with E-state index >= 15 is 0 Å². The SMILES string of the molecule is CCCC(O)CNCc1coc(-c2ccc(C)cc2)n1. The van der Waals surface area contributed by atoms with Gasteiger partial charge in [0.05, 0.1) is 11.8 Å². The van der Waals surface area contributed by atoms with E-state index in [4.69, 9.17) is 4.42 Å². The average molecular weight is 274 g/mol. The zero-order valence-electron chi connectivity index (χ0n) is 12.1. The van der Waals surface area contributed by atoms with E-state index in [1.165, 1.54) is 5.56 Å². The lowest BCUT2D eigenvalue weighted by Crippen LogP contribution is -2.26. The summed E-state index contributed by atoms with van der Waals surface area (Å²) in [5.41, 5.74) is 3.05. The Balaban J connectivity index is 1.87. The van der Waals surface area contributed by atoms with Gasteiger partial charge in [-0.2, -0.15) is 0 Å². The minimum Gasteiger partial charge on any atom is -0.444 e. The number of aryl methyl sites for hydroxylation is 1. The predicted molar refractivity (Wildman–Crippen MR) is 79.3 cm³/mol. The highest BCUT2D eigenvalue weighted by Gasteiger charge is 2.07. The van der Waals surface area contributed by atoms with Crippen LogP contribution in [0.2, 0.25) is 0 Å². The van der Waals surface area contributed by atoms with Crippen LogP contribution in [0, 0.1) is 6.92 Å². The van der Waals surface area contributed by atoms with Crippen molar-refractivity contribution in [2.75, 3.05) is 6.54 Å². The van der Waals surface area contributed by atoms with Gasteiger partial charge in [-0.1, -0.05) is 31.0 Å². The van der Waals surface area contributed by atoms with Gasteiger partial charge in [0.2, 0.25) is 5.89 Å². The minimum absolute atomic E-state index is 0.288.